The maximum Gasteiger partial charge on any atom is 0.178 e. The molecule has 0 unspecified atom stereocenters. The van der Waals surface area contributed by atoms with E-state index >= 15 is 0 Å². The first-order valence-corrected chi connectivity index (χ1v) is 5.53. The van der Waals surface area contributed by atoms with Crippen LogP contribution in [0.3, 0.4) is 0 Å². The summed E-state index contributed by atoms with van der Waals surface area (Å²) in [4.78, 5) is 2.93. The van der Waals surface area contributed by atoms with Crippen molar-refractivity contribution < 1.29 is 4.39 Å². The van der Waals surface area contributed by atoms with E-state index in [2.05, 4.69) is 4.98 Å². The van der Waals surface area contributed by atoms with Crippen molar-refractivity contribution in [2.75, 3.05) is 0 Å². The molecule has 1 aromatic carbocycles. The first-order chi connectivity index (χ1) is 7.25. The highest BCUT2D eigenvalue weighted by atomic mass is 32.1. The van der Waals surface area contributed by atoms with Crippen LogP contribution in [0.2, 0.25) is 0 Å². The van der Waals surface area contributed by atoms with Gasteiger partial charge in [-0.25, -0.2) is 4.39 Å². The highest BCUT2D eigenvalue weighted by molar-refractivity contribution is 7.71. The molecule has 78 valence electrons. The van der Waals surface area contributed by atoms with E-state index in [1.54, 1.807) is 6.07 Å². The van der Waals surface area contributed by atoms with E-state index in [-0.39, 0.29) is 5.82 Å². The minimum absolute atomic E-state index is 0.229. The van der Waals surface area contributed by atoms with Crippen LogP contribution in [0.25, 0.3) is 11.0 Å². The van der Waals surface area contributed by atoms with Crippen molar-refractivity contribution in [3.63, 3.8) is 0 Å². The van der Waals surface area contributed by atoms with Crippen LogP contribution in [0.15, 0.2) is 18.2 Å². The van der Waals surface area contributed by atoms with Crippen molar-refractivity contribution in [2.24, 2.45) is 5.92 Å². The number of hydrogen-bond donors (Lipinski definition) is 1. The zero-order valence-electron chi connectivity index (χ0n) is 8.16. The van der Waals surface area contributed by atoms with Crippen molar-refractivity contribution in [2.45, 2.75) is 19.4 Å². The number of H-pyrrole nitrogens is 1. The number of halogens is 1. The van der Waals surface area contributed by atoms with Gasteiger partial charge in [-0.2, -0.15) is 0 Å². The summed E-state index contributed by atoms with van der Waals surface area (Å²) < 4.78 is 16.1. The van der Waals surface area contributed by atoms with Gasteiger partial charge < -0.3 is 9.55 Å². The Bertz CT molecular complexity index is 565. The Kier molecular flexibility index (Phi) is 1.92. The maximum atomic E-state index is 13.4. The standard InChI is InChI=1S/C11H11FN2S/c12-8-2-1-3-9-10(8)13-11(15)14(9)6-7-4-5-7/h1-3,7H,4-6H2,(H,13,15). The van der Waals surface area contributed by atoms with Gasteiger partial charge in [0.05, 0.1) is 5.52 Å². The molecule has 0 atom stereocenters. The summed E-state index contributed by atoms with van der Waals surface area (Å²) in [7, 11) is 0. The molecule has 1 heterocycles. The van der Waals surface area contributed by atoms with Gasteiger partial charge in [-0.3, -0.25) is 0 Å². The molecule has 2 aromatic rings. The van der Waals surface area contributed by atoms with Gasteiger partial charge in [-0.05, 0) is 43.1 Å². The van der Waals surface area contributed by atoms with Crippen LogP contribution < -0.4 is 0 Å². The van der Waals surface area contributed by atoms with E-state index < -0.39 is 0 Å². The molecule has 0 aliphatic heterocycles. The summed E-state index contributed by atoms with van der Waals surface area (Å²) in [5.41, 5.74) is 1.41. The molecular formula is C11H11FN2S. The topological polar surface area (TPSA) is 20.7 Å². The molecule has 1 aromatic heterocycles. The number of benzene rings is 1. The minimum atomic E-state index is -0.229. The predicted octanol–water partition coefficient (Wildman–Crippen LogP) is 3.25. The fraction of sp³-hybridized carbons (Fsp3) is 0.364. The Balaban J connectivity index is 2.22. The Labute approximate surface area is 91.7 Å². The molecule has 1 fully saturated rings. The summed E-state index contributed by atoms with van der Waals surface area (Å²) >= 11 is 5.20. The van der Waals surface area contributed by atoms with Gasteiger partial charge in [0.25, 0.3) is 0 Å². The van der Waals surface area contributed by atoms with Gasteiger partial charge in [0.15, 0.2) is 4.77 Å². The van der Waals surface area contributed by atoms with Gasteiger partial charge in [0.2, 0.25) is 0 Å². The van der Waals surface area contributed by atoms with E-state index in [4.69, 9.17) is 12.2 Å². The number of nitrogens with one attached hydrogen (secondary N) is 1. The summed E-state index contributed by atoms with van der Waals surface area (Å²) in [5.74, 6) is 0.507. The number of hydrogen-bond acceptors (Lipinski definition) is 1. The molecule has 0 saturated heterocycles. The number of imidazole rings is 1. The number of aromatic nitrogens is 2. The molecule has 4 heteroatoms. The second-order valence-electron chi connectivity index (χ2n) is 4.12. The molecule has 3 rings (SSSR count). The molecule has 1 aliphatic carbocycles. The molecule has 0 spiro atoms. The van der Waals surface area contributed by atoms with Gasteiger partial charge in [-0.15, -0.1) is 0 Å². The third-order valence-corrected chi connectivity index (χ3v) is 3.22. The van der Waals surface area contributed by atoms with Gasteiger partial charge in [0, 0.05) is 6.54 Å². The fourth-order valence-corrected chi connectivity index (χ4v) is 2.16. The number of nitrogens with zero attached hydrogens (tertiary/aromatic N) is 1. The highest BCUT2D eigenvalue weighted by Gasteiger charge is 2.23. The first kappa shape index (κ1) is 9.09. The molecule has 0 bridgehead atoms. The number of fused-ring (bicyclic) bond motifs is 1. The normalized spacial score (nSPS) is 16.1. The zero-order chi connectivity index (χ0) is 10.4. The van der Waals surface area contributed by atoms with E-state index in [0.717, 1.165) is 18.0 Å². The molecule has 15 heavy (non-hydrogen) atoms. The Morgan fingerprint density at radius 2 is 2.27 bits per heavy atom. The molecule has 0 amide bonds. The minimum Gasteiger partial charge on any atom is -0.328 e. The van der Waals surface area contributed by atoms with E-state index in [1.807, 2.05) is 10.6 Å². The van der Waals surface area contributed by atoms with Crippen LogP contribution in [-0.2, 0) is 6.54 Å². The van der Waals surface area contributed by atoms with Gasteiger partial charge in [-0.1, -0.05) is 6.07 Å². The quantitative estimate of drug-likeness (QED) is 0.773. The first-order valence-electron chi connectivity index (χ1n) is 5.13. The molecular weight excluding hydrogens is 211 g/mol. The molecule has 1 N–H and O–H groups in total. The zero-order valence-corrected chi connectivity index (χ0v) is 8.98. The largest absolute Gasteiger partial charge is 0.328 e. The Hall–Kier alpha value is -1.16. The van der Waals surface area contributed by atoms with Crippen LogP contribution in [0.5, 0.6) is 0 Å². The smallest absolute Gasteiger partial charge is 0.178 e. The highest BCUT2D eigenvalue weighted by Crippen LogP contribution is 2.32. The average Bonchev–Trinajstić information content (AvgIpc) is 2.96. The lowest BCUT2D eigenvalue weighted by molar-refractivity contribution is 0.633. The number of aromatic amines is 1. The lowest BCUT2D eigenvalue weighted by Crippen LogP contribution is -1.99. The summed E-state index contributed by atoms with van der Waals surface area (Å²) in [5, 5.41) is 0. The number of para-hydroxylation sites is 1. The summed E-state index contributed by atoms with van der Waals surface area (Å²) in [6.07, 6.45) is 2.54. The van der Waals surface area contributed by atoms with Crippen molar-refractivity contribution in [1.82, 2.24) is 9.55 Å². The van der Waals surface area contributed by atoms with Gasteiger partial charge in [0.1, 0.15) is 11.3 Å². The van der Waals surface area contributed by atoms with E-state index in [0.29, 0.717) is 10.3 Å². The summed E-state index contributed by atoms with van der Waals surface area (Å²) in [6.45, 7) is 0.919. The molecule has 1 aliphatic rings. The lowest BCUT2D eigenvalue weighted by Gasteiger charge is -2.01. The number of rotatable bonds is 2. The lowest BCUT2D eigenvalue weighted by atomic mass is 10.3. The molecule has 2 nitrogen and oxygen atoms in total. The SMILES string of the molecule is Fc1cccc2c1[nH]c(=S)n2CC1CC1. The van der Waals surface area contributed by atoms with Crippen molar-refractivity contribution in [1.29, 1.82) is 0 Å². The predicted molar refractivity (Wildman–Crippen MR) is 59.8 cm³/mol. The second kappa shape index (κ2) is 3.17. The van der Waals surface area contributed by atoms with Crippen LogP contribution in [0.1, 0.15) is 12.8 Å². The fourth-order valence-electron chi connectivity index (χ4n) is 1.89. The third kappa shape index (κ3) is 1.49. The van der Waals surface area contributed by atoms with Crippen molar-refractivity contribution in [3.05, 3.63) is 28.8 Å². The van der Waals surface area contributed by atoms with Crippen molar-refractivity contribution >= 4 is 23.3 Å². The van der Waals surface area contributed by atoms with Gasteiger partial charge >= 0.3 is 0 Å². The van der Waals surface area contributed by atoms with E-state index in [9.17, 15) is 4.39 Å². The second-order valence-corrected chi connectivity index (χ2v) is 4.50. The monoisotopic (exact) mass is 222 g/mol. The molecule has 1 saturated carbocycles. The van der Waals surface area contributed by atoms with Crippen LogP contribution in [0, 0.1) is 16.5 Å². The summed E-state index contributed by atoms with van der Waals surface area (Å²) in [6, 6.07) is 5.09. The van der Waals surface area contributed by atoms with Crippen molar-refractivity contribution in [3.8, 4) is 0 Å². The van der Waals surface area contributed by atoms with E-state index in [1.165, 1.54) is 18.9 Å². The Morgan fingerprint density at radius 3 is 3.00 bits per heavy atom. The van der Waals surface area contributed by atoms with Crippen LogP contribution in [0.4, 0.5) is 4.39 Å². The average molecular weight is 222 g/mol. The maximum absolute atomic E-state index is 13.4. The van der Waals surface area contributed by atoms with Crippen LogP contribution in [-0.4, -0.2) is 9.55 Å². The Morgan fingerprint density at radius 1 is 1.47 bits per heavy atom. The van der Waals surface area contributed by atoms with Crippen LogP contribution >= 0.6 is 12.2 Å². The molecule has 0 radical (unpaired) electrons. The third-order valence-electron chi connectivity index (χ3n) is 2.90.